The molecule has 4 heteroatoms. The lowest BCUT2D eigenvalue weighted by molar-refractivity contribution is -0.126. The largest absolute Gasteiger partial charge is 0.449 e. The van der Waals surface area contributed by atoms with Gasteiger partial charge in [0.15, 0.2) is 0 Å². The molecule has 1 heterocycles. The molecule has 0 spiro atoms. The number of ether oxygens (including phenoxy) is 1. The minimum atomic E-state index is -0.452. The van der Waals surface area contributed by atoms with Crippen molar-refractivity contribution in [1.29, 1.82) is 0 Å². The first-order valence-electron chi connectivity index (χ1n) is 8.23. The molecule has 0 saturated carbocycles. The zero-order chi connectivity index (χ0) is 14.6. The number of rotatable bonds is 10. The molecule has 0 N–H and O–H groups in total. The van der Waals surface area contributed by atoms with Gasteiger partial charge >= 0.3 is 6.09 Å². The Morgan fingerprint density at radius 3 is 2.20 bits per heavy atom. The maximum Gasteiger partial charge on any atom is 0.416 e. The van der Waals surface area contributed by atoms with E-state index in [1.807, 2.05) is 0 Å². The number of carbonyl (C=O) groups excluding carboxylic acids is 2. The Kier molecular flexibility index (Phi) is 9.09. The number of unbranched alkanes of at least 4 members (excludes halogenated alkanes) is 8. The number of hydrogen-bond donors (Lipinski definition) is 0. The summed E-state index contributed by atoms with van der Waals surface area (Å²) in [5.74, 6) is -0.0953. The van der Waals surface area contributed by atoms with Crippen LogP contribution in [0.5, 0.6) is 0 Å². The van der Waals surface area contributed by atoms with Gasteiger partial charge in [-0.2, -0.15) is 0 Å². The number of nitrogens with zero attached hydrogens (tertiary/aromatic N) is 1. The summed E-state index contributed by atoms with van der Waals surface area (Å²) in [6.07, 6.45) is 12.0. The normalized spacial score (nSPS) is 14.8. The van der Waals surface area contributed by atoms with Crippen molar-refractivity contribution in [3.8, 4) is 0 Å². The lowest BCUT2D eigenvalue weighted by Crippen LogP contribution is -2.32. The molecule has 1 fully saturated rings. The molecule has 0 aromatic heterocycles. The summed E-state index contributed by atoms with van der Waals surface area (Å²) >= 11 is 0. The highest BCUT2D eigenvalue weighted by molar-refractivity contribution is 5.93. The van der Waals surface area contributed by atoms with Crippen LogP contribution < -0.4 is 0 Å². The fraction of sp³-hybridized carbons (Fsp3) is 0.875. The molecule has 0 aromatic carbocycles. The van der Waals surface area contributed by atoms with E-state index in [-0.39, 0.29) is 5.91 Å². The number of hydrogen-bond acceptors (Lipinski definition) is 3. The molecule has 2 amide bonds. The van der Waals surface area contributed by atoms with E-state index in [1.54, 1.807) is 0 Å². The topological polar surface area (TPSA) is 46.6 Å². The highest BCUT2D eigenvalue weighted by Gasteiger charge is 2.27. The summed E-state index contributed by atoms with van der Waals surface area (Å²) in [7, 11) is 0. The maximum atomic E-state index is 11.6. The molecule has 4 nitrogen and oxygen atoms in total. The number of likely N-dealkylation sites (tertiary alicyclic amines) is 1. The molecule has 1 rings (SSSR count). The number of imide groups is 1. The van der Waals surface area contributed by atoms with Gasteiger partial charge in [0.05, 0.1) is 6.61 Å². The van der Waals surface area contributed by atoms with Gasteiger partial charge < -0.3 is 4.74 Å². The predicted octanol–water partition coefficient (Wildman–Crippen LogP) is 4.28. The molecule has 0 aromatic rings. The molecular formula is C16H29NO3. The van der Waals surface area contributed by atoms with E-state index in [2.05, 4.69) is 6.92 Å². The molecule has 0 atom stereocenters. The summed E-state index contributed by atoms with van der Waals surface area (Å²) in [6.45, 7) is 3.20. The highest BCUT2D eigenvalue weighted by atomic mass is 16.6. The summed E-state index contributed by atoms with van der Waals surface area (Å²) in [5, 5.41) is 0. The van der Waals surface area contributed by atoms with Gasteiger partial charge in [0.1, 0.15) is 0 Å². The van der Waals surface area contributed by atoms with Crippen LogP contribution in [-0.4, -0.2) is 30.1 Å². The fourth-order valence-corrected chi connectivity index (χ4v) is 2.49. The van der Waals surface area contributed by atoms with Crippen LogP contribution in [0.3, 0.4) is 0 Å². The predicted molar refractivity (Wildman–Crippen MR) is 79.5 cm³/mol. The van der Waals surface area contributed by atoms with E-state index in [0.29, 0.717) is 19.6 Å². The SMILES string of the molecule is CCCCCCCCCCCOC(=O)N1CCCC1=O. The Morgan fingerprint density at radius 1 is 1.05 bits per heavy atom. The van der Waals surface area contributed by atoms with E-state index >= 15 is 0 Å². The Labute approximate surface area is 122 Å². The van der Waals surface area contributed by atoms with E-state index < -0.39 is 6.09 Å². The smallest absolute Gasteiger partial charge is 0.416 e. The summed E-state index contributed by atoms with van der Waals surface area (Å²) in [6, 6.07) is 0. The molecule has 0 bridgehead atoms. The van der Waals surface area contributed by atoms with Crippen molar-refractivity contribution in [3.63, 3.8) is 0 Å². The first-order chi connectivity index (χ1) is 9.75. The van der Waals surface area contributed by atoms with Crippen molar-refractivity contribution in [2.45, 2.75) is 77.6 Å². The van der Waals surface area contributed by atoms with Crippen LogP contribution in [0.4, 0.5) is 4.79 Å². The Bertz CT molecular complexity index is 291. The molecule has 20 heavy (non-hydrogen) atoms. The molecule has 0 aliphatic carbocycles. The zero-order valence-corrected chi connectivity index (χ0v) is 12.9. The van der Waals surface area contributed by atoms with Crippen LogP contribution >= 0.6 is 0 Å². The lowest BCUT2D eigenvalue weighted by atomic mass is 10.1. The van der Waals surface area contributed by atoms with Gasteiger partial charge in [-0.1, -0.05) is 58.3 Å². The van der Waals surface area contributed by atoms with Crippen LogP contribution in [0.15, 0.2) is 0 Å². The quantitative estimate of drug-likeness (QED) is 0.562. The molecule has 1 saturated heterocycles. The standard InChI is InChI=1S/C16H29NO3/c1-2-3-4-5-6-7-8-9-10-14-20-16(19)17-13-11-12-15(17)18/h2-14H2,1H3. The minimum Gasteiger partial charge on any atom is -0.449 e. The van der Waals surface area contributed by atoms with Crippen molar-refractivity contribution in [1.82, 2.24) is 4.90 Å². The highest BCUT2D eigenvalue weighted by Crippen LogP contribution is 2.12. The molecule has 116 valence electrons. The average Bonchev–Trinajstić information content (AvgIpc) is 2.87. The Morgan fingerprint density at radius 2 is 1.65 bits per heavy atom. The number of carbonyl (C=O) groups is 2. The first kappa shape index (κ1) is 17.0. The van der Waals surface area contributed by atoms with Crippen molar-refractivity contribution >= 4 is 12.0 Å². The molecule has 1 aliphatic heterocycles. The summed E-state index contributed by atoms with van der Waals surface area (Å²) in [4.78, 5) is 24.1. The first-order valence-corrected chi connectivity index (χ1v) is 8.23. The molecule has 0 radical (unpaired) electrons. The maximum absolute atomic E-state index is 11.6. The molecule has 1 aliphatic rings. The van der Waals surface area contributed by atoms with Crippen molar-refractivity contribution in [2.24, 2.45) is 0 Å². The third-order valence-corrected chi connectivity index (χ3v) is 3.77. The second-order valence-electron chi connectivity index (χ2n) is 5.59. The van der Waals surface area contributed by atoms with Gasteiger partial charge in [-0.05, 0) is 12.8 Å². The van der Waals surface area contributed by atoms with E-state index in [4.69, 9.17) is 4.74 Å². The molecular weight excluding hydrogens is 254 g/mol. The molecule has 0 unspecified atom stereocenters. The van der Waals surface area contributed by atoms with Crippen LogP contribution in [0, 0.1) is 0 Å². The van der Waals surface area contributed by atoms with Crippen molar-refractivity contribution in [3.05, 3.63) is 0 Å². The van der Waals surface area contributed by atoms with Gasteiger partial charge in [0.2, 0.25) is 5.91 Å². The van der Waals surface area contributed by atoms with Gasteiger partial charge in [-0.3, -0.25) is 4.79 Å². The monoisotopic (exact) mass is 283 g/mol. The zero-order valence-electron chi connectivity index (χ0n) is 12.9. The van der Waals surface area contributed by atoms with Gasteiger partial charge in [-0.15, -0.1) is 0 Å². The van der Waals surface area contributed by atoms with Crippen molar-refractivity contribution in [2.75, 3.05) is 13.2 Å². The third kappa shape index (κ3) is 6.92. The van der Waals surface area contributed by atoms with Gasteiger partial charge in [-0.25, -0.2) is 9.69 Å². The van der Waals surface area contributed by atoms with E-state index in [0.717, 1.165) is 19.3 Å². The Hall–Kier alpha value is -1.06. The second-order valence-corrected chi connectivity index (χ2v) is 5.59. The minimum absolute atomic E-state index is 0.0953. The van der Waals surface area contributed by atoms with Crippen LogP contribution in [0.1, 0.15) is 77.6 Å². The van der Waals surface area contributed by atoms with E-state index in [9.17, 15) is 9.59 Å². The Balaban J connectivity index is 1.87. The lowest BCUT2D eigenvalue weighted by Gasteiger charge is -2.13. The number of amides is 2. The van der Waals surface area contributed by atoms with Gasteiger partial charge in [0, 0.05) is 13.0 Å². The third-order valence-electron chi connectivity index (χ3n) is 3.77. The van der Waals surface area contributed by atoms with E-state index in [1.165, 1.54) is 49.8 Å². The van der Waals surface area contributed by atoms with Gasteiger partial charge in [0.25, 0.3) is 0 Å². The van der Waals surface area contributed by atoms with Crippen LogP contribution in [0.2, 0.25) is 0 Å². The summed E-state index contributed by atoms with van der Waals surface area (Å²) < 4.78 is 5.12. The average molecular weight is 283 g/mol. The second kappa shape index (κ2) is 10.7. The van der Waals surface area contributed by atoms with Crippen molar-refractivity contribution < 1.29 is 14.3 Å². The van der Waals surface area contributed by atoms with Crippen LogP contribution in [-0.2, 0) is 9.53 Å². The van der Waals surface area contributed by atoms with Crippen LogP contribution in [0.25, 0.3) is 0 Å². The summed E-state index contributed by atoms with van der Waals surface area (Å²) in [5.41, 5.74) is 0. The fourth-order valence-electron chi connectivity index (χ4n) is 2.49.